The lowest BCUT2D eigenvalue weighted by atomic mass is 9.91. The van der Waals surface area contributed by atoms with Crippen LogP contribution in [0.2, 0.25) is 0 Å². The molecule has 5 heteroatoms. The van der Waals surface area contributed by atoms with E-state index < -0.39 is 5.54 Å². The van der Waals surface area contributed by atoms with Gasteiger partial charge in [0.15, 0.2) is 0 Å². The maximum Gasteiger partial charge on any atom is 0.327 e. The van der Waals surface area contributed by atoms with E-state index >= 15 is 0 Å². The SMILES string of the molecule is CCNC(CN(C)C(C)COC)(C(=O)OC)C1CC1. The maximum atomic E-state index is 12.3. The Balaban J connectivity index is 2.80. The zero-order valence-electron chi connectivity index (χ0n) is 12.9. The molecule has 0 aromatic heterocycles. The van der Waals surface area contributed by atoms with Crippen LogP contribution < -0.4 is 5.32 Å². The quantitative estimate of drug-likeness (QED) is 0.632. The summed E-state index contributed by atoms with van der Waals surface area (Å²) in [6, 6.07) is 0.270. The van der Waals surface area contributed by atoms with Gasteiger partial charge in [0.05, 0.1) is 13.7 Å². The van der Waals surface area contributed by atoms with Crippen LogP contribution in [0.5, 0.6) is 0 Å². The predicted octanol–water partition coefficient (Wildman–Crippen LogP) is 0.884. The molecule has 1 N–H and O–H groups in total. The maximum absolute atomic E-state index is 12.3. The first-order chi connectivity index (χ1) is 9.01. The molecule has 1 saturated carbocycles. The highest BCUT2D eigenvalue weighted by Gasteiger charge is 2.52. The van der Waals surface area contributed by atoms with Crippen molar-refractivity contribution in [3.05, 3.63) is 0 Å². The minimum Gasteiger partial charge on any atom is -0.468 e. The van der Waals surface area contributed by atoms with Gasteiger partial charge >= 0.3 is 5.97 Å². The van der Waals surface area contributed by atoms with Crippen molar-refractivity contribution in [3.63, 3.8) is 0 Å². The highest BCUT2D eigenvalue weighted by atomic mass is 16.5. The number of hydrogen-bond acceptors (Lipinski definition) is 5. The molecule has 1 fully saturated rings. The Kier molecular flexibility index (Phi) is 6.23. The van der Waals surface area contributed by atoms with Crippen molar-refractivity contribution in [1.82, 2.24) is 10.2 Å². The topological polar surface area (TPSA) is 50.8 Å². The average molecular weight is 272 g/mol. The first kappa shape index (κ1) is 16.4. The van der Waals surface area contributed by atoms with E-state index in [4.69, 9.17) is 9.47 Å². The zero-order chi connectivity index (χ0) is 14.5. The van der Waals surface area contributed by atoms with Crippen molar-refractivity contribution in [2.75, 3.05) is 41.0 Å². The van der Waals surface area contributed by atoms with Gasteiger partial charge in [-0.15, -0.1) is 0 Å². The fraction of sp³-hybridized carbons (Fsp3) is 0.929. The van der Waals surface area contributed by atoms with E-state index in [-0.39, 0.29) is 12.0 Å². The number of esters is 1. The fourth-order valence-electron chi connectivity index (χ4n) is 2.62. The van der Waals surface area contributed by atoms with Crippen molar-refractivity contribution in [1.29, 1.82) is 0 Å². The number of carbonyl (C=O) groups excluding carboxylic acids is 1. The van der Waals surface area contributed by atoms with Crippen LogP contribution in [-0.4, -0.2) is 63.4 Å². The van der Waals surface area contributed by atoms with Gasteiger partial charge in [-0.1, -0.05) is 6.92 Å². The first-order valence-electron chi connectivity index (χ1n) is 7.04. The Bertz CT molecular complexity index is 294. The molecule has 0 aliphatic heterocycles. The Morgan fingerprint density at radius 1 is 1.47 bits per heavy atom. The van der Waals surface area contributed by atoms with Crippen molar-refractivity contribution in [3.8, 4) is 0 Å². The molecule has 0 heterocycles. The Hall–Kier alpha value is -0.650. The molecule has 2 unspecified atom stereocenters. The summed E-state index contributed by atoms with van der Waals surface area (Å²) in [6.45, 7) is 6.20. The number of likely N-dealkylation sites (N-methyl/N-ethyl adjacent to an activating group) is 2. The molecule has 0 amide bonds. The second-order valence-corrected chi connectivity index (χ2v) is 5.49. The third-order valence-corrected chi connectivity index (χ3v) is 3.98. The van der Waals surface area contributed by atoms with E-state index in [1.807, 2.05) is 14.0 Å². The highest BCUT2D eigenvalue weighted by Crippen LogP contribution is 2.41. The summed E-state index contributed by atoms with van der Waals surface area (Å²) in [4.78, 5) is 14.4. The average Bonchev–Trinajstić information content (AvgIpc) is 3.21. The molecule has 0 radical (unpaired) electrons. The van der Waals surface area contributed by atoms with Gasteiger partial charge in [-0.25, -0.2) is 4.79 Å². The summed E-state index contributed by atoms with van der Waals surface area (Å²) in [5.74, 6) is 0.241. The second-order valence-electron chi connectivity index (χ2n) is 5.49. The molecular formula is C14H28N2O3. The van der Waals surface area contributed by atoms with Crippen LogP contribution in [0.4, 0.5) is 0 Å². The van der Waals surface area contributed by atoms with Gasteiger partial charge in [-0.05, 0) is 39.3 Å². The number of hydrogen-bond donors (Lipinski definition) is 1. The van der Waals surface area contributed by atoms with E-state index in [1.54, 1.807) is 7.11 Å². The van der Waals surface area contributed by atoms with Gasteiger partial charge in [-0.3, -0.25) is 4.90 Å². The summed E-state index contributed by atoms with van der Waals surface area (Å²) < 4.78 is 10.2. The molecule has 1 rings (SSSR count). The number of carbonyl (C=O) groups is 1. The van der Waals surface area contributed by atoms with Crippen LogP contribution in [0.1, 0.15) is 26.7 Å². The lowest BCUT2D eigenvalue weighted by Gasteiger charge is -2.37. The fourth-order valence-corrected chi connectivity index (χ4v) is 2.62. The van der Waals surface area contributed by atoms with Crippen LogP contribution in [0.3, 0.4) is 0 Å². The third-order valence-electron chi connectivity index (χ3n) is 3.98. The van der Waals surface area contributed by atoms with Gasteiger partial charge in [0.1, 0.15) is 5.54 Å². The largest absolute Gasteiger partial charge is 0.468 e. The number of nitrogens with zero attached hydrogens (tertiary/aromatic N) is 1. The van der Waals surface area contributed by atoms with E-state index in [0.717, 1.165) is 19.4 Å². The first-order valence-corrected chi connectivity index (χ1v) is 7.04. The summed E-state index contributed by atoms with van der Waals surface area (Å²) in [6.07, 6.45) is 2.18. The molecule has 0 aromatic carbocycles. The number of methoxy groups -OCH3 is 2. The van der Waals surface area contributed by atoms with Gasteiger partial charge in [0.25, 0.3) is 0 Å². The summed E-state index contributed by atoms with van der Waals surface area (Å²) in [5, 5.41) is 3.38. The van der Waals surface area contributed by atoms with Crippen LogP contribution >= 0.6 is 0 Å². The van der Waals surface area contributed by atoms with Crippen LogP contribution in [0.15, 0.2) is 0 Å². The van der Waals surface area contributed by atoms with E-state index in [1.165, 1.54) is 7.11 Å². The highest BCUT2D eigenvalue weighted by molar-refractivity contribution is 5.82. The van der Waals surface area contributed by atoms with Crippen molar-refractivity contribution < 1.29 is 14.3 Å². The van der Waals surface area contributed by atoms with E-state index in [0.29, 0.717) is 19.1 Å². The Morgan fingerprint density at radius 3 is 2.53 bits per heavy atom. The van der Waals surface area contributed by atoms with Crippen LogP contribution in [0, 0.1) is 5.92 Å². The lowest BCUT2D eigenvalue weighted by Crippen LogP contribution is -2.61. The minimum absolute atomic E-state index is 0.145. The molecule has 1 aliphatic rings. The Morgan fingerprint density at radius 2 is 2.11 bits per heavy atom. The third kappa shape index (κ3) is 3.91. The van der Waals surface area contributed by atoms with Gasteiger partial charge < -0.3 is 14.8 Å². The number of rotatable bonds is 9. The van der Waals surface area contributed by atoms with Gasteiger partial charge in [0.2, 0.25) is 0 Å². The normalized spacial score (nSPS) is 20.1. The number of ether oxygens (including phenoxy) is 2. The van der Waals surface area contributed by atoms with Crippen molar-refractivity contribution >= 4 is 5.97 Å². The zero-order valence-corrected chi connectivity index (χ0v) is 12.9. The molecular weight excluding hydrogens is 244 g/mol. The smallest absolute Gasteiger partial charge is 0.327 e. The number of nitrogens with one attached hydrogen (secondary N) is 1. The minimum atomic E-state index is -0.569. The molecule has 0 aromatic rings. The summed E-state index contributed by atoms with van der Waals surface area (Å²) in [7, 11) is 5.19. The lowest BCUT2D eigenvalue weighted by molar-refractivity contribution is -0.151. The predicted molar refractivity (Wildman–Crippen MR) is 75.1 cm³/mol. The van der Waals surface area contributed by atoms with E-state index in [2.05, 4.69) is 17.1 Å². The van der Waals surface area contributed by atoms with E-state index in [9.17, 15) is 4.79 Å². The monoisotopic (exact) mass is 272 g/mol. The molecule has 0 bridgehead atoms. The molecule has 112 valence electrons. The second kappa shape index (κ2) is 7.22. The van der Waals surface area contributed by atoms with Gasteiger partial charge in [0, 0.05) is 19.7 Å². The summed E-state index contributed by atoms with van der Waals surface area (Å²) in [5.41, 5.74) is -0.569. The Labute approximate surface area is 116 Å². The molecule has 2 atom stereocenters. The molecule has 0 spiro atoms. The molecule has 1 aliphatic carbocycles. The van der Waals surface area contributed by atoms with Gasteiger partial charge in [-0.2, -0.15) is 0 Å². The van der Waals surface area contributed by atoms with Crippen molar-refractivity contribution in [2.45, 2.75) is 38.3 Å². The van der Waals surface area contributed by atoms with Crippen LogP contribution in [-0.2, 0) is 14.3 Å². The molecule has 19 heavy (non-hydrogen) atoms. The molecule has 0 saturated heterocycles. The summed E-state index contributed by atoms with van der Waals surface area (Å²) >= 11 is 0. The molecule has 5 nitrogen and oxygen atoms in total. The standard InChI is InChI=1S/C14H28N2O3/c1-6-15-14(12-7-8-12,13(17)19-5)10-16(3)11(2)9-18-4/h11-12,15H,6-10H2,1-5H3. The van der Waals surface area contributed by atoms with Crippen LogP contribution in [0.25, 0.3) is 0 Å². The van der Waals surface area contributed by atoms with Crippen molar-refractivity contribution in [2.24, 2.45) is 5.92 Å².